The van der Waals surface area contributed by atoms with E-state index < -0.39 is 15.9 Å². The van der Waals surface area contributed by atoms with Gasteiger partial charge < -0.3 is 15.0 Å². The van der Waals surface area contributed by atoms with Crippen LogP contribution in [0.25, 0.3) is 0 Å². The Kier molecular flexibility index (Phi) is 7.15. The number of rotatable bonds is 7. The first-order valence-corrected chi connectivity index (χ1v) is 9.61. The second-order valence-corrected chi connectivity index (χ2v) is 7.59. The van der Waals surface area contributed by atoms with E-state index in [1.165, 1.54) is 17.6 Å². The van der Waals surface area contributed by atoms with Gasteiger partial charge in [0.25, 0.3) is 5.91 Å². The zero-order valence-electron chi connectivity index (χ0n) is 14.6. The largest absolute Gasteiger partial charge is 0.383 e. The maximum atomic E-state index is 12.6. The highest BCUT2D eigenvalue weighted by Crippen LogP contribution is 2.17. The third-order valence-corrected chi connectivity index (χ3v) is 5.84. The van der Waals surface area contributed by atoms with Crippen LogP contribution in [0, 0.1) is 11.3 Å². The van der Waals surface area contributed by atoms with Crippen LogP contribution in [-0.2, 0) is 19.6 Å². The van der Waals surface area contributed by atoms with E-state index in [0.29, 0.717) is 26.2 Å². The van der Waals surface area contributed by atoms with Gasteiger partial charge in [0.1, 0.15) is 11.6 Å². The van der Waals surface area contributed by atoms with Crippen molar-refractivity contribution in [2.45, 2.75) is 4.90 Å². The molecule has 0 atom stereocenters. The summed E-state index contributed by atoms with van der Waals surface area (Å²) in [6.07, 6.45) is 1.48. The molecule has 0 radical (unpaired) electrons. The number of amides is 1. The van der Waals surface area contributed by atoms with Gasteiger partial charge >= 0.3 is 0 Å². The first kappa shape index (κ1) is 19.9. The molecule has 1 aliphatic rings. The summed E-state index contributed by atoms with van der Waals surface area (Å²) >= 11 is 0. The van der Waals surface area contributed by atoms with Gasteiger partial charge in [0, 0.05) is 46.0 Å². The molecule has 0 saturated carbocycles. The van der Waals surface area contributed by atoms with Crippen LogP contribution < -0.4 is 5.32 Å². The summed E-state index contributed by atoms with van der Waals surface area (Å²) in [5.41, 5.74) is -0.0135. The van der Waals surface area contributed by atoms with Gasteiger partial charge in [0.2, 0.25) is 10.0 Å². The number of carbonyl (C=O) groups is 1. The summed E-state index contributed by atoms with van der Waals surface area (Å²) in [6, 6.07) is 10.2. The smallest absolute Gasteiger partial charge is 0.263 e. The number of hydrogen-bond acceptors (Lipinski definition) is 6. The summed E-state index contributed by atoms with van der Waals surface area (Å²) in [4.78, 5) is 14.0. The highest BCUT2D eigenvalue weighted by molar-refractivity contribution is 7.89. The first-order chi connectivity index (χ1) is 12.5. The van der Waals surface area contributed by atoms with Gasteiger partial charge in [-0.15, -0.1) is 0 Å². The first-order valence-electron chi connectivity index (χ1n) is 8.17. The molecule has 1 N–H and O–H groups in total. The molecule has 140 valence electrons. The Hall–Kier alpha value is -2.41. The molecular formula is C17H22N4O4S. The standard InChI is InChI=1S/C17H22N4O4S/c1-25-12-7-19-17(22)15(13-18)14-20-8-10-21(11-9-20)26(23,24)16-5-3-2-4-6-16/h2-6,14H,7-12H2,1H3,(H,19,22)/b15-14-. The van der Waals surface area contributed by atoms with Crippen LogP contribution >= 0.6 is 0 Å². The number of carbonyl (C=O) groups excluding carboxylic acids is 1. The van der Waals surface area contributed by atoms with Crippen LogP contribution in [0.4, 0.5) is 0 Å². The Labute approximate surface area is 153 Å². The minimum Gasteiger partial charge on any atom is -0.383 e. The lowest BCUT2D eigenvalue weighted by molar-refractivity contribution is -0.117. The predicted octanol–water partition coefficient (Wildman–Crippen LogP) is 0.163. The molecule has 0 aliphatic carbocycles. The zero-order valence-corrected chi connectivity index (χ0v) is 15.4. The molecule has 1 saturated heterocycles. The number of sulfonamides is 1. The molecule has 1 heterocycles. The van der Waals surface area contributed by atoms with E-state index in [1.54, 1.807) is 35.2 Å². The van der Waals surface area contributed by atoms with E-state index >= 15 is 0 Å². The SMILES string of the molecule is COCCNC(=O)/C(C#N)=C\N1CCN(S(=O)(=O)c2ccccc2)CC1. The molecule has 8 nitrogen and oxygen atoms in total. The molecule has 26 heavy (non-hydrogen) atoms. The molecule has 1 aromatic carbocycles. The third-order valence-electron chi connectivity index (χ3n) is 3.92. The van der Waals surface area contributed by atoms with Crippen molar-refractivity contribution in [2.24, 2.45) is 0 Å². The fourth-order valence-electron chi connectivity index (χ4n) is 2.50. The summed E-state index contributed by atoms with van der Waals surface area (Å²) < 4.78 is 31.4. The number of piperazine rings is 1. The number of nitrogens with zero attached hydrogens (tertiary/aromatic N) is 3. The fourth-order valence-corrected chi connectivity index (χ4v) is 3.94. The van der Waals surface area contributed by atoms with Crippen molar-refractivity contribution >= 4 is 15.9 Å². The average molecular weight is 378 g/mol. The van der Waals surface area contributed by atoms with E-state index in [4.69, 9.17) is 4.74 Å². The lowest BCUT2D eigenvalue weighted by Crippen LogP contribution is -2.47. The van der Waals surface area contributed by atoms with Crippen molar-refractivity contribution in [1.82, 2.24) is 14.5 Å². The number of benzene rings is 1. The molecule has 0 spiro atoms. The number of hydrogen-bond donors (Lipinski definition) is 1. The topological polar surface area (TPSA) is 103 Å². The van der Waals surface area contributed by atoms with Crippen LogP contribution in [0.1, 0.15) is 0 Å². The number of methoxy groups -OCH3 is 1. The predicted molar refractivity (Wildman–Crippen MR) is 95.4 cm³/mol. The Bertz CT molecular complexity index is 779. The zero-order chi connectivity index (χ0) is 19.0. The van der Waals surface area contributed by atoms with Crippen molar-refractivity contribution < 1.29 is 17.9 Å². The summed E-state index contributed by atoms with van der Waals surface area (Å²) in [7, 11) is -2.00. The number of nitriles is 1. The van der Waals surface area contributed by atoms with Crippen LogP contribution in [-0.4, -0.2) is 70.0 Å². The Morgan fingerprint density at radius 1 is 1.27 bits per heavy atom. The highest BCUT2D eigenvalue weighted by Gasteiger charge is 2.27. The Morgan fingerprint density at radius 3 is 2.50 bits per heavy atom. The van der Waals surface area contributed by atoms with Crippen LogP contribution in [0.3, 0.4) is 0 Å². The third kappa shape index (κ3) is 5.05. The average Bonchev–Trinajstić information content (AvgIpc) is 2.67. The van der Waals surface area contributed by atoms with E-state index in [-0.39, 0.29) is 23.6 Å². The van der Waals surface area contributed by atoms with Gasteiger partial charge in [-0.3, -0.25) is 4.79 Å². The van der Waals surface area contributed by atoms with E-state index in [0.717, 1.165) is 0 Å². The molecule has 1 aromatic rings. The van der Waals surface area contributed by atoms with E-state index in [9.17, 15) is 18.5 Å². The molecule has 1 fully saturated rings. The number of ether oxygens (including phenoxy) is 1. The molecule has 2 rings (SSSR count). The Balaban J connectivity index is 1.97. The van der Waals surface area contributed by atoms with Crippen LogP contribution in [0.5, 0.6) is 0 Å². The molecule has 1 aliphatic heterocycles. The quantitative estimate of drug-likeness (QED) is 0.412. The monoisotopic (exact) mass is 378 g/mol. The molecule has 9 heteroatoms. The maximum Gasteiger partial charge on any atom is 0.263 e. The van der Waals surface area contributed by atoms with Crippen molar-refractivity contribution in [2.75, 3.05) is 46.4 Å². The van der Waals surface area contributed by atoms with Gasteiger partial charge in [0.05, 0.1) is 11.5 Å². The molecule has 0 aromatic heterocycles. The maximum absolute atomic E-state index is 12.6. The minimum atomic E-state index is -3.52. The van der Waals surface area contributed by atoms with Crippen LogP contribution in [0.15, 0.2) is 47.0 Å². The number of nitrogens with one attached hydrogen (secondary N) is 1. The van der Waals surface area contributed by atoms with Gasteiger partial charge in [0.15, 0.2) is 0 Å². The van der Waals surface area contributed by atoms with Crippen molar-refractivity contribution in [3.05, 3.63) is 42.1 Å². The molecular weight excluding hydrogens is 356 g/mol. The summed E-state index contributed by atoms with van der Waals surface area (Å²) in [6.45, 7) is 2.07. The van der Waals surface area contributed by atoms with Crippen LogP contribution in [0.2, 0.25) is 0 Å². The molecule has 0 unspecified atom stereocenters. The molecule has 1 amide bonds. The van der Waals surface area contributed by atoms with E-state index in [2.05, 4.69) is 5.32 Å². The fraction of sp³-hybridized carbons (Fsp3) is 0.412. The van der Waals surface area contributed by atoms with Gasteiger partial charge in [-0.2, -0.15) is 9.57 Å². The van der Waals surface area contributed by atoms with Crippen molar-refractivity contribution in [3.8, 4) is 6.07 Å². The van der Waals surface area contributed by atoms with Gasteiger partial charge in [-0.05, 0) is 12.1 Å². The van der Waals surface area contributed by atoms with Gasteiger partial charge in [-0.1, -0.05) is 18.2 Å². The highest BCUT2D eigenvalue weighted by atomic mass is 32.2. The van der Waals surface area contributed by atoms with Crippen molar-refractivity contribution in [1.29, 1.82) is 5.26 Å². The molecule has 0 bridgehead atoms. The Morgan fingerprint density at radius 2 is 1.92 bits per heavy atom. The lowest BCUT2D eigenvalue weighted by atomic mass is 10.2. The minimum absolute atomic E-state index is 0.0135. The van der Waals surface area contributed by atoms with Crippen molar-refractivity contribution in [3.63, 3.8) is 0 Å². The normalized spacial score (nSPS) is 16.2. The van der Waals surface area contributed by atoms with E-state index in [1.807, 2.05) is 6.07 Å². The second kappa shape index (κ2) is 9.33. The lowest BCUT2D eigenvalue weighted by Gasteiger charge is -2.33. The van der Waals surface area contributed by atoms with Gasteiger partial charge in [-0.25, -0.2) is 8.42 Å². The second-order valence-electron chi connectivity index (χ2n) is 5.66. The summed E-state index contributed by atoms with van der Waals surface area (Å²) in [5, 5.41) is 11.8. The summed E-state index contributed by atoms with van der Waals surface area (Å²) in [5.74, 6) is -0.469.